The molecule has 30 heavy (non-hydrogen) atoms. The molecule has 0 N–H and O–H groups in total. The maximum Gasteiger partial charge on any atom is 0.0561 e. The van der Waals surface area contributed by atoms with Crippen molar-refractivity contribution in [3.05, 3.63) is 69.4 Å². The van der Waals surface area contributed by atoms with Crippen LogP contribution in [0.1, 0.15) is 58.3 Å². The first-order valence-electron chi connectivity index (χ1n) is 8.62. The van der Waals surface area contributed by atoms with Crippen LogP contribution >= 0.6 is 18.5 Å². The zero-order valence-electron chi connectivity index (χ0n) is 18.5. The number of unbranched alkanes of at least 4 members (excludes halogenated alkanes) is 4. The average Bonchev–Trinajstić information content (AvgIpc) is 2.59. The summed E-state index contributed by atoms with van der Waals surface area (Å²) in [6, 6.07) is 0. The summed E-state index contributed by atoms with van der Waals surface area (Å²) in [5, 5.41) is 0. The Bertz CT molecular complexity index is 250. The van der Waals surface area contributed by atoms with Gasteiger partial charge in [0.15, 0.2) is 0 Å². The molecule has 2 atom stereocenters. The van der Waals surface area contributed by atoms with Crippen molar-refractivity contribution >= 4 is 18.5 Å². The first-order chi connectivity index (χ1) is 11.2. The van der Waals surface area contributed by atoms with Crippen LogP contribution < -0.4 is 0 Å². The van der Waals surface area contributed by atoms with Crippen LogP contribution in [0.15, 0.2) is 63.3 Å². The van der Waals surface area contributed by atoms with Crippen LogP contribution in [-0.4, -0.2) is 6.16 Å². The van der Waals surface area contributed by atoms with Gasteiger partial charge in [-0.15, -0.1) is 45.4 Å². The number of hydrogen-bond acceptors (Lipinski definition) is 0. The topological polar surface area (TPSA) is 0 Å². The Labute approximate surface area is 400 Å². The molecule has 0 aliphatic heterocycles. The number of allylic oxidation sites excluding steroid dienone is 5. The zero-order valence-corrected chi connectivity index (χ0v) is 28.4. The van der Waals surface area contributed by atoms with Gasteiger partial charge in [0.25, 0.3) is 0 Å². The van der Waals surface area contributed by atoms with Crippen LogP contribution in [0.4, 0.5) is 0 Å². The van der Waals surface area contributed by atoms with Gasteiger partial charge < -0.3 is 0 Å². The van der Waals surface area contributed by atoms with Crippen LogP contribution in [-0.2, 0) is 32.7 Å². The van der Waals surface area contributed by atoms with Crippen molar-refractivity contribution < 1.29 is 259 Å². The Kier molecular flexibility index (Phi) is 216. The number of rotatable bonds is 11. The standard InChI is InChI=1S/C11H20.2C4H9P.C2H4.6Ar.Y/c1-3-5-7-9-11-10-8-6-4-2;2*1-2-3-4-5;1-2;;;;;;;/h3,7,9H,1,4-6,8,10-11H2,2H3;2H,1,3-5H2;2,4H,1,3H2,5H3;1-2H2;;;;;;;/p+1/b9-7+;;;;;;;;;;. The summed E-state index contributed by atoms with van der Waals surface area (Å²) < 4.78 is 0. The van der Waals surface area contributed by atoms with Crippen LogP contribution in [0.25, 0.3) is 0 Å². The number of hydrogen-bond donors (Lipinski definition) is 0. The van der Waals surface area contributed by atoms with E-state index in [9.17, 15) is 0 Å². The van der Waals surface area contributed by atoms with Gasteiger partial charge in [-0.1, -0.05) is 50.5 Å². The fourth-order valence-corrected chi connectivity index (χ4v) is 1.79. The first kappa shape index (κ1) is 71.5. The summed E-state index contributed by atoms with van der Waals surface area (Å²) in [6.45, 7) is 19.0. The second-order valence-corrected chi connectivity index (χ2v) is 5.87. The van der Waals surface area contributed by atoms with Crippen molar-refractivity contribution in [2.24, 2.45) is 0 Å². The molecule has 0 aromatic rings. The Morgan fingerprint density at radius 1 is 0.733 bits per heavy atom. The van der Waals surface area contributed by atoms with E-state index in [0.29, 0.717) is 0 Å². The maximum absolute atomic E-state index is 3.66. The van der Waals surface area contributed by atoms with Gasteiger partial charge >= 0.3 is 0 Å². The van der Waals surface area contributed by atoms with E-state index < -0.39 is 0 Å². The molecule has 0 fully saturated rings. The summed E-state index contributed by atoms with van der Waals surface area (Å²) in [5.41, 5.74) is 0. The van der Waals surface area contributed by atoms with Crippen molar-refractivity contribution in [1.82, 2.24) is 0 Å². The fraction of sp³-hybridized carbons (Fsp3) is 0.476. The molecular formula is C21H43Ar6P2Y+. The summed E-state index contributed by atoms with van der Waals surface area (Å²) >= 11 is 0. The van der Waals surface area contributed by atoms with E-state index in [-0.39, 0.29) is 259 Å². The molecule has 0 saturated carbocycles. The predicted octanol–water partition coefficient (Wildman–Crippen LogP) is 7.39. The fourth-order valence-electron chi connectivity index (χ4n) is 1.26. The second kappa shape index (κ2) is 90.6. The normalized spacial score (nSPS) is 6.70. The minimum Gasteiger partial charge on any atom is -0.169 e. The molecule has 9 heteroatoms. The molecule has 0 aromatic heterocycles. The largest absolute Gasteiger partial charge is 0.169 e. The van der Waals surface area contributed by atoms with E-state index in [2.05, 4.69) is 58.1 Å². The van der Waals surface area contributed by atoms with Gasteiger partial charge in [0.05, 0.1) is 6.16 Å². The molecule has 0 aromatic carbocycles. The van der Waals surface area contributed by atoms with E-state index in [4.69, 9.17) is 0 Å². The van der Waals surface area contributed by atoms with Crippen molar-refractivity contribution in [2.45, 2.75) is 58.3 Å². The van der Waals surface area contributed by atoms with E-state index in [1.54, 1.807) is 0 Å². The van der Waals surface area contributed by atoms with Gasteiger partial charge in [-0.2, -0.15) is 15.4 Å². The Hall–Kier alpha value is 8.22. The Morgan fingerprint density at radius 2 is 1.23 bits per heavy atom. The third-order valence-corrected chi connectivity index (χ3v) is 3.18. The minimum absolute atomic E-state index is 0. The third kappa shape index (κ3) is 110. The molecular weight excluding hydrogens is 643 g/mol. The van der Waals surface area contributed by atoms with Crippen LogP contribution in [0.5, 0.6) is 0 Å². The van der Waals surface area contributed by atoms with Crippen molar-refractivity contribution in [3.8, 4) is 0 Å². The van der Waals surface area contributed by atoms with Gasteiger partial charge in [-0.3, -0.25) is 0 Å². The van der Waals surface area contributed by atoms with Gasteiger partial charge in [-0.25, -0.2) is 0 Å². The molecule has 0 spiro atoms. The zero-order chi connectivity index (χ0) is 18.6. The molecule has 2 unspecified atom stereocenters. The molecule has 0 bridgehead atoms. The quantitative estimate of drug-likeness (QED) is 0.0922. The van der Waals surface area contributed by atoms with Crippen molar-refractivity contribution in [2.75, 3.05) is 6.16 Å². The van der Waals surface area contributed by atoms with Crippen LogP contribution in [0.3, 0.4) is 0 Å². The van der Waals surface area contributed by atoms with Gasteiger partial charge in [0, 0.05) is 259 Å². The average molecular weight is 686 g/mol. The monoisotopic (exact) mass is 686 g/mol. The molecule has 187 valence electrons. The molecule has 0 aliphatic carbocycles. The maximum atomic E-state index is 3.66. The minimum atomic E-state index is 0. The smallest absolute Gasteiger partial charge is 0.0561 e. The van der Waals surface area contributed by atoms with E-state index in [0.717, 1.165) is 12.8 Å². The molecule has 0 amide bonds. The predicted molar refractivity (Wildman–Crippen MR) is 125 cm³/mol. The van der Waals surface area contributed by atoms with Gasteiger partial charge in [0.2, 0.25) is 0 Å². The molecule has 0 rings (SSSR count). The van der Waals surface area contributed by atoms with E-state index in [1.165, 1.54) is 44.7 Å². The van der Waals surface area contributed by atoms with Crippen molar-refractivity contribution in [3.63, 3.8) is 0 Å². The Morgan fingerprint density at radius 3 is 1.47 bits per heavy atom. The summed E-state index contributed by atoms with van der Waals surface area (Å²) in [7, 11) is 3.83. The molecule has 0 heterocycles. The first-order valence-corrected chi connectivity index (χ1v) is 10.4. The summed E-state index contributed by atoms with van der Waals surface area (Å²) in [5.74, 6) is 0. The molecule has 1 radical (unpaired) electrons. The molecule has 0 nitrogen and oxygen atoms in total. The van der Waals surface area contributed by atoms with Crippen molar-refractivity contribution in [1.29, 1.82) is 0 Å². The SMILES string of the molecule is C=C.C=CC/C=C/CCCCCC.C=CCC[PH3+].C=CC[CH-][PH3+].[Ar].[Ar].[Ar].[Ar].[Ar].[Ar].[Y]. The summed E-state index contributed by atoms with van der Waals surface area (Å²) in [4.78, 5) is 0. The molecule has 0 saturated heterocycles. The summed E-state index contributed by atoms with van der Waals surface area (Å²) in [6.07, 6.45) is 23.5. The van der Waals surface area contributed by atoms with E-state index in [1.807, 2.05) is 36.7 Å². The third-order valence-electron chi connectivity index (χ3n) is 2.44. The van der Waals surface area contributed by atoms with Gasteiger partial charge in [0.1, 0.15) is 0 Å². The van der Waals surface area contributed by atoms with E-state index >= 15 is 0 Å². The van der Waals surface area contributed by atoms with Crippen LogP contribution in [0.2, 0.25) is 0 Å². The second-order valence-electron chi connectivity index (χ2n) is 4.59. The molecule has 0 aliphatic rings. The van der Waals surface area contributed by atoms with Crippen LogP contribution in [0, 0.1) is 233 Å². The Balaban J connectivity index is -0.0000000186. The van der Waals surface area contributed by atoms with Gasteiger partial charge in [-0.05, 0) is 34.9 Å².